The molecule has 0 heterocycles. The maximum Gasteiger partial charge on any atom is 0.422 e. The fourth-order valence-electron chi connectivity index (χ4n) is 1.34. The van der Waals surface area contributed by atoms with Crippen molar-refractivity contribution in [3.05, 3.63) is 35.4 Å². The lowest BCUT2D eigenvalue weighted by Crippen LogP contribution is -2.22. The first-order valence-corrected chi connectivity index (χ1v) is 5.85. The summed E-state index contributed by atoms with van der Waals surface area (Å²) in [5.41, 5.74) is -0.369. The second-order valence-electron chi connectivity index (χ2n) is 3.87. The molecule has 7 heteroatoms. The minimum absolute atomic E-state index is 0.117. The molecule has 0 atom stereocenters. The number of halogens is 3. The van der Waals surface area contributed by atoms with Gasteiger partial charge in [0.15, 0.2) is 6.61 Å². The molecule has 0 N–H and O–H groups in total. The average Bonchev–Trinajstić information content (AvgIpc) is 2.41. The molecule has 0 aliphatic heterocycles. The lowest BCUT2D eigenvalue weighted by Gasteiger charge is -2.10. The summed E-state index contributed by atoms with van der Waals surface area (Å²) in [5, 5.41) is 0. The molecule has 1 aromatic carbocycles. The summed E-state index contributed by atoms with van der Waals surface area (Å²) < 4.78 is 44.9. The standard InChI is InChI=1S/C13H13F3O4/c1-2-7-19-11(17)9-5-3-4-6-10(9)12(18)20-8-13(14,15)16/h3-6H,2,7-8H2,1H3. The highest BCUT2D eigenvalue weighted by atomic mass is 19.4. The van der Waals surface area contributed by atoms with Crippen molar-refractivity contribution in [2.24, 2.45) is 0 Å². The predicted molar refractivity (Wildman–Crippen MR) is 63.4 cm³/mol. The molecule has 4 nitrogen and oxygen atoms in total. The summed E-state index contributed by atoms with van der Waals surface area (Å²) >= 11 is 0. The van der Waals surface area contributed by atoms with Crippen molar-refractivity contribution >= 4 is 11.9 Å². The van der Waals surface area contributed by atoms with Crippen LogP contribution in [0.15, 0.2) is 24.3 Å². The lowest BCUT2D eigenvalue weighted by atomic mass is 10.1. The molecule has 0 aliphatic carbocycles. The van der Waals surface area contributed by atoms with Crippen LogP contribution in [-0.2, 0) is 9.47 Å². The number of ether oxygens (including phenoxy) is 2. The molecular weight excluding hydrogens is 277 g/mol. The van der Waals surface area contributed by atoms with Crippen LogP contribution in [0.25, 0.3) is 0 Å². The van der Waals surface area contributed by atoms with E-state index in [1.807, 2.05) is 0 Å². The predicted octanol–water partition coefficient (Wildman–Crippen LogP) is 2.97. The van der Waals surface area contributed by atoms with E-state index in [1.54, 1.807) is 6.92 Å². The quantitative estimate of drug-likeness (QED) is 0.782. The monoisotopic (exact) mass is 290 g/mol. The Hall–Kier alpha value is -2.05. The summed E-state index contributed by atoms with van der Waals surface area (Å²) in [5.74, 6) is -1.99. The fourth-order valence-corrected chi connectivity index (χ4v) is 1.34. The van der Waals surface area contributed by atoms with E-state index in [4.69, 9.17) is 4.74 Å². The maximum atomic E-state index is 12.0. The molecule has 1 aromatic rings. The van der Waals surface area contributed by atoms with Crippen molar-refractivity contribution in [1.82, 2.24) is 0 Å². The van der Waals surface area contributed by atoms with Crippen LogP contribution >= 0.6 is 0 Å². The fraction of sp³-hybridized carbons (Fsp3) is 0.385. The second-order valence-corrected chi connectivity index (χ2v) is 3.87. The number of rotatable bonds is 5. The molecule has 0 bridgehead atoms. The Bertz CT molecular complexity index is 483. The van der Waals surface area contributed by atoms with Crippen molar-refractivity contribution in [1.29, 1.82) is 0 Å². The van der Waals surface area contributed by atoms with Crippen molar-refractivity contribution < 1.29 is 32.2 Å². The number of hydrogen-bond acceptors (Lipinski definition) is 4. The van der Waals surface area contributed by atoms with E-state index in [-0.39, 0.29) is 17.7 Å². The van der Waals surface area contributed by atoms with Gasteiger partial charge in [0.25, 0.3) is 0 Å². The van der Waals surface area contributed by atoms with Gasteiger partial charge in [-0.05, 0) is 18.6 Å². The van der Waals surface area contributed by atoms with Crippen LogP contribution in [0, 0.1) is 0 Å². The van der Waals surface area contributed by atoms with Crippen molar-refractivity contribution in [3.8, 4) is 0 Å². The molecule has 0 saturated carbocycles. The van der Waals surface area contributed by atoms with Gasteiger partial charge in [0.05, 0.1) is 17.7 Å². The normalized spacial score (nSPS) is 11.0. The molecule has 0 unspecified atom stereocenters. The van der Waals surface area contributed by atoms with Crippen LogP contribution in [0.1, 0.15) is 34.1 Å². The zero-order chi connectivity index (χ0) is 15.2. The molecule has 0 radical (unpaired) electrons. The van der Waals surface area contributed by atoms with Gasteiger partial charge in [-0.2, -0.15) is 13.2 Å². The largest absolute Gasteiger partial charge is 0.462 e. The lowest BCUT2D eigenvalue weighted by molar-refractivity contribution is -0.161. The van der Waals surface area contributed by atoms with Crippen LogP contribution < -0.4 is 0 Å². The summed E-state index contributed by atoms with van der Waals surface area (Å²) in [6, 6.07) is 5.40. The molecule has 0 aliphatic rings. The summed E-state index contributed by atoms with van der Waals surface area (Å²) in [6.07, 6.45) is -4.03. The average molecular weight is 290 g/mol. The van der Waals surface area contributed by atoms with E-state index in [9.17, 15) is 22.8 Å². The highest BCUT2D eigenvalue weighted by Crippen LogP contribution is 2.17. The van der Waals surface area contributed by atoms with Gasteiger partial charge in [0.1, 0.15) is 0 Å². The first-order valence-electron chi connectivity index (χ1n) is 5.85. The van der Waals surface area contributed by atoms with Gasteiger partial charge < -0.3 is 9.47 Å². The maximum absolute atomic E-state index is 12.0. The Kier molecular flexibility index (Phi) is 5.54. The molecule has 0 saturated heterocycles. The molecule has 20 heavy (non-hydrogen) atoms. The number of alkyl halides is 3. The SMILES string of the molecule is CCCOC(=O)c1ccccc1C(=O)OCC(F)(F)F. The van der Waals surface area contributed by atoms with Crippen LogP contribution in [0.5, 0.6) is 0 Å². The Morgan fingerprint density at radius 1 is 1.05 bits per heavy atom. The second kappa shape index (κ2) is 6.93. The van der Waals surface area contributed by atoms with E-state index in [0.717, 1.165) is 0 Å². The van der Waals surface area contributed by atoms with E-state index >= 15 is 0 Å². The topological polar surface area (TPSA) is 52.6 Å². The van der Waals surface area contributed by atoms with Gasteiger partial charge in [-0.25, -0.2) is 9.59 Å². The van der Waals surface area contributed by atoms with E-state index in [0.29, 0.717) is 6.42 Å². The van der Waals surface area contributed by atoms with Gasteiger partial charge in [-0.15, -0.1) is 0 Å². The third-order valence-corrected chi connectivity index (χ3v) is 2.17. The number of hydrogen-bond donors (Lipinski definition) is 0. The third-order valence-electron chi connectivity index (χ3n) is 2.17. The van der Waals surface area contributed by atoms with Crippen LogP contribution in [-0.4, -0.2) is 31.3 Å². The minimum atomic E-state index is -4.62. The van der Waals surface area contributed by atoms with Gasteiger partial charge >= 0.3 is 18.1 Å². The zero-order valence-electron chi connectivity index (χ0n) is 10.7. The Morgan fingerprint density at radius 3 is 2.00 bits per heavy atom. The number of carbonyl (C=O) groups is 2. The van der Waals surface area contributed by atoms with E-state index in [1.165, 1.54) is 24.3 Å². The van der Waals surface area contributed by atoms with Crippen molar-refractivity contribution in [3.63, 3.8) is 0 Å². The van der Waals surface area contributed by atoms with Crippen LogP contribution in [0.4, 0.5) is 13.2 Å². The van der Waals surface area contributed by atoms with Gasteiger partial charge in [0, 0.05) is 0 Å². The molecule has 0 amide bonds. The third kappa shape index (κ3) is 4.91. The smallest absolute Gasteiger partial charge is 0.422 e. The van der Waals surface area contributed by atoms with Crippen molar-refractivity contribution in [2.75, 3.05) is 13.2 Å². The Morgan fingerprint density at radius 2 is 1.55 bits per heavy atom. The van der Waals surface area contributed by atoms with Gasteiger partial charge in [0.2, 0.25) is 0 Å². The molecule has 110 valence electrons. The van der Waals surface area contributed by atoms with Gasteiger partial charge in [-0.1, -0.05) is 19.1 Å². The van der Waals surface area contributed by atoms with Crippen LogP contribution in [0.2, 0.25) is 0 Å². The number of benzene rings is 1. The molecule has 1 rings (SSSR count). The molecule has 0 fully saturated rings. The van der Waals surface area contributed by atoms with Crippen LogP contribution in [0.3, 0.4) is 0 Å². The molecular formula is C13H13F3O4. The summed E-state index contributed by atoms with van der Waals surface area (Å²) in [4.78, 5) is 23.2. The summed E-state index contributed by atoms with van der Waals surface area (Å²) in [6.45, 7) is 0.242. The highest BCUT2D eigenvalue weighted by molar-refractivity contribution is 6.03. The Labute approximate surface area is 113 Å². The first kappa shape index (κ1) is 16.0. The van der Waals surface area contributed by atoms with E-state index < -0.39 is 24.7 Å². The Balaban J connectivity index is 2.84. The molecule has 0 aromatic heterocycles. The van der Waals surface area contributed by atoms with E-state index in [2.05, 4.69) is 4.74 Å². The van der Waals surface area contributed by atoms with Crippen molar-refractivity contribution in [2.45, 2.75) is 19.5 Å². The highest BCUT2D eigenvalue weighted by Gasteiger charge is 2.30. The first-order chi connectivity index (χ1) is 9.35. The number of carbonyl (C=O) groups excluding carboxylic acids is 2. The van der Waals surface area contributed by atoms with Gasteiger partial charge in [-0.3, -0.25) is 0 Å². The molecule has 0 spiro atoms. The summed E-state index contributed by atoms with van der Waals surface area (Å²) in [7, 11) is 0. The minimum Gasteiger partial charge on any atom is -0.462 e. The number of esters is 2. The zero-order valence-corrected chi connectivity index (χ0v) is 10.7.